The lowest BCUT2D eigenvalue weighted by Gasteiger charge is -2.25. The summed E-state index contributed by atoms with van der Waals surface area (Å²) in [5.41, 5.74) is 5.32. The molecule has 0 spiro atoms. The van der Waals surface area contributed by atoms with Crippen LogP contribution in [0.3, 0.4) is 0 Å². The van der Waals surface area contributed by atoms with E-state index in [1.165, 1.54) is 18.9 Å². The summed E-state index contributed by atoms with van der Waals surface area (Å²) in [6.07, 6.45) is 3.75. The zero-order valence-corrected chi connectivity index (χ0v) is 10.6. The van der Waals surface area contributed by atoms with Crippen LogP contribution >= 0.6 is 11.8 Å². The molecule has 0 radical (unpaired) electrons. The second-order valence-corrected chi connectivity index (χ2v) is 5.26. The lowest BCUT2D eigenvalue weighted by molar-refractivity contribution is -0.146. The minimum absolute atomic E-state index is 0.256. The lowest BCUT2D eigenvalue weighted by Crippen LogP contribution is -2.53. The van der Waals surface area contributed by atoms with E-state index in [0.29, 0.717) is 5.75 Å². The van der Waals surface area contributed by atoms with Gasteiger partial charge in [-0.3, -0.25) is 4.79 Å². The van der Waals surface area contributed by atoms with Crippen molar-refractivity contribution in [3.05, 3.63) is 24.4 Å². The molecule has 0 aliphatic heterocycles. The normalized spacial score (nSPS) is 18.5. The number of rotatable bonds is 5. The van der Waals surface area contributed by atoms with Gasteiger partial charge in [-0.1, -0.05) is 6.07 Å². The van der Waals surface area contributed by atoms with E-state index in [2.05, 4.69) is 4.98 Å². The number of nitrogens with two attached hydrogens (primary N) is 1. The number of pyridine rings is 1. The van der Waals surface area contributed by atoms with E-state index in [4.69, 9.17) is 10.5 Å². The van der Waals surface area contributed by atoms with E-state index < -0.39 is 5.54 Å². The molecule has 0 bridgehead atoms. The maximum atomic E-state index is 11.8. The van der Waals surface area contributed by atoms with Crippen LogP contribution in [0.15, 0.2) is 29.4 Å². The van der Waals surface area contributed by atoms with Gasteiger partial charge in [-0.25, -0.2) is 4.98 Å². The minimum Gasteiger partial charge on any atom is -0.468 e. The smallest absolute Gasteiger partial charge is 0.327 e. The molecule has 1 aliphatic carbocycles. The van der Waals surface area contributed by atoms with E-state index in [9.17, 15) is 4.79 Å². The molecule has 2 N–H and O–H groups in total. The maximum Gasteiger partial charge on any atom is 0.327 e. The van der Waals surface area contributed by atoms with E-state index in [1.807, 2.05) is 18.2 Å². The molecule has 1 aliphatic rings. The monoisotopic (exact) mass is 252 g/mol. The van der Waals surface area contributed by atoms with Crippen LogP contribution in [0.4, 0.5) is 0 Å². The van der Waals surface area contributed by atoms with Gasteiger partial charge in [-0.05, 0) is 30.9 Å². The zero-order chi connectivity index (χ0) is 12.3. The van der Waals surface area contributed by atoms with Crippen molar-refractivity contribution in [3.8, 4) is 0 Å². The molecule has 4 nitrogen and oxygen atoms in total. The largest absolute Gasteiger partial charge is 0.468 e. The molecule has 1 heterocycles. The number of thioether (sulfide) groups is 1. The van der Waals surface area contributed by atoms with Gasteiger partial charge in [0.15, 0.2) is 0 Å². The van der Waals surface area contributed by atoms with Crippen molar-refractivity contribution in [2.45, 2.75) is 23.4 Å². The highest BCUT2D eigenvalue weighted by molar-refractivity contribution is 7.99. The summed E-state index contributed by atoms with van der Waals surface area (Å²) in [6.45, 7) is 0. The first-order chi connectivity index (χ1) is 8.16. The predicted molar refractivity (Wildman–Crippen MR) is 66.6 cm³/mol. The third kappa shape index (κ3) is 2.79. The van der Waals surface area contributed by atoms with Gasteiger partial charge in [0.05, 0.1) is 12.1 Å². The summed E-state index contributed by atoms with van der Waals surface area (Å²) in [4.78, 5) is 16.0. The molecule has 5 heteroatoms. The molecule has 1 fully saturated rings. The van der Waals surface area contributed by atoms with Gasteiger partial charge in [0.1, 0.15) is 5.54 Å². The zero-order valence-electron chi connectivity index (χ0n) is 9.76. The van der Waals surface area contributed by atoms with Gasteiger partial charge in [0.2, 0.25) is 0 Å². The van der Waals surface area contributed by atoms with E-state index in [-0.39, 0.29) is 11.9 Å². The molecule has 92 valence electrons. The molecule has 0 amide bonds. The van der Waals surface area contributed by atoms with Crippen molar-refractivity contribution in [1.29, 1.82) is 0 Å². The van der Waals surface area contributed by atoms with Gasteiger partial charge in [0.25, 0.3) is 0 Å². The number of nitrogens with zero attached hydrogens (tertiary/aromatic N) is 1. The molecule has 0 saturated heterocycles. The lowest BCUT2D eigenvalue weighted by atomic mass is 9.97. The summed E-state index contributed by atoms with van der Waals surface area (Å²) in [5.74, 6) is 0.455. The van der Waals surface area contributed by atoms with Crippen molar-refractivity contribution in [1.82, 2.24) is 4.98 Å². The van der Waals surface area contributed by atoms with Crippen molar-refractivity contribution in [2.24, 2.45) is 11.7 Å². The second-order valence-electron chi connectivity index (χ2n) is 4.26. The Kier molecular flexibility index (Phi) is 3.69. The van der Waals surface area contributed by atoms with Crippen molar-refractivity contribution in [2.75, 3.05) is 12.9 Å². The number of methoxy groups -OCH3 is 1. The molecule has 0 aromatic carbocycles. The summed E-state index contributed by atoms with van der Waals surface area (Å²) in [5, 5.41) is 0.881. The second kappa shape index (κ2) is 5.06. The van der Waals surface area contributed by atoms with Crippen molar-refractivity contribution < 1.29 is 9.53 Å². The highest BCUT2D eigenvalue weighted by Crippen LogP contribution is 2.41. The predicted octanol–water partition coefficient (Wildman–Crippen LogP) is 1.45. The standard InChI is InChI=1S/C12H16N2O2S/c1-16-11(15)12(13,9-5-6-9)8-17-10-4-2-3-7-14-10/h2-4,7,9H,5-6,8,13H2,1H3. The van der Waals surface area contributed by atoms with Crippen molar-refractivity contribution >= 4 is 17.7 Å². The molecule has 2 rings (SSSR count). The topological polar surface area (TPSA) is 65.2 Å². The molecule has 1 unspecified atom stereocenters. The highest BCUT2D eigenvalue weighted by atomic mass is 32.2. The first-order valence-corrected chi connectivity index (χ1v) is 6.56. The molecular formula is C12H16N2O2S. The quantitative estimate of drug-likeness (QED) is 0.635. The van der Waals surface area contributed by atoms with E-state index in [0.717, 1.165) is 17.9 Å². The average molecular weight is 252 g/mol. The summed E-state index contributed by atoms with van der Waals surface area (Å²) >= 11 is 1.50. The average Bonchev–Trinajstić information content (AvgIpc) is 3.20. The number of hydrogen-bond acceptors (Lipinski definition) is 5. The van der Waals surface area contributed by atoms with Gasteiger partial charge < -0.3 is 10.5 Å². The van der Waals surface area contributed by atoms with E-state index >= 15 is 0 Å². The Morgan fingerprint density at radius 1 is 1.65 bits per heavy atom. The maximum absolute atomic E-state index is 11.8. The number of carbonyl (C=O) groups excluding carboxylic acids is 1. The molecular weight excluding hydrogens is 236 g/mol. The SMILES string of the molecule is COC(=O)C(N)(CSc1ccccn1)C1CC1. The van der Waals surface area contributed by atoms with Crippen LogP contribution in [-0.4, -0.2) is 29.4 Å². The number of hydrogen-bond donors (Lipinski definition) is 1. The number of esters is 1. The van der Waals surface area contributed by atoms with Crippen LogP contribution < -0.4 is 5.73 Å². The Labute approximate surface area is 105 Å². The number of aromatic nitrogens is 1. The van der Waals surface area contributed by atoms with Crippen LogP contribution in [-0.2, 0) is 9.53 Å². The fourth-order valence-electron chi connectivity index (χ4n) is 1.76. The Morgan fingerprint density at radius 3 is 2.94 bits per heavy atom. The van der Waals surface area contributed by atoms with Crippen LogP contribution in [0.2, 0.25) is 0 Å². The molecule has 17 heavy (non-hydrogen) atoms. The van der Waals surface area contributed by atoms with Crippen LogP contribution in [0, 0.1) is 5.92 Å². The summed E-state index contributed by atoms with van der Waals surface area (Å²) < 4.78 is 4.81. The van der Waals surface area contributed by atoms with Gasteiger partial charge in [-0.2, -0.15) is 0 Å². The van der Waals surface area contributed by atoms with Gasteiger partial charge in [-0.15, -0.1) is 11.8 Å². The van der Waals surface area contributed by atoms with Crippen LogP contribution in [0.5, 0.6) is 0 Å². The van der Waals surface area contributed by atoms with Crippen molar-refractivity contribution in [3.63, 3.8) is 0 Å². The highest BCUT2D eigenvalue weighted by Gasteiger charge is 2.48. The van der Waals surface area contributed by atoms with Gasteiger partial charge in [0, 0.05) is 11.9 Å². The van der Waals surface area contributed by atoms with Gasteiger partial charge >= 0.3 is 5.97 Å². The molecule has 1 aromatic heterocycles. The third-order valence-corrected chi connectivity index (χ3v) is 4.13. The minimum atomic E-state index is -0.864. The third-order valence-electron chi connectivity index (χ3n) is 2.97. The first-order valence-electron chi connectivity index (χ1n) is 5.58. The number of ether oxygens (including phenoxy) is 1. The molecule has 1 aromatic rings. The first kappa shape index (κ1) is 12.4. The summed E-state index contributed by atoms with van der Waals surface area (Å²) in [6, 6.07) is 5.69. The fraction of sp³-hybridized carbons (Fsp3) is 0.500. The Hall–Kier alpha value is -1.07. The number of carbonyl (C=O) groups is 1. The van der Waals surface area contributed by atoms with E-state index in [1.54, 1.807) is 6.20 Å². The molecule has 1 atom stereocenters. The summed E-state index contributed by atoms with van der Waals surface area (Å²) in [7, 11) is 1.39. The Balaban J connectivity index is 2.01. The molecule has 1 saturated carbocycles. The fourth-order valence-corrected chi connectivity index (χ4v) is 2.81. The van der Waals surface area contributed by atoms with Crippen LogP contribution in [0.25, 0.3) is 0 Å². The Morgan fingerprint density at radius 2 is 2.41 bits per heavy atom. The Bertz CT molecular complexity index is 395. The van der Waals surface area contributed by atoms with Crippen LogP contribution in [0.1, 0.15) is 12.8 Å².